The number of hydrogen-bond acceptors (Lipinski definition) is 10. The summed E-state index contributed by atoms with van der Waals surface area (Å²) in [5, 5.41) is 30.0. The van der Waals surface area contributed by atoms with Gasteiger partial charge in [0.15, 0.2) is 11.9 Å². The van der Waals surface area contributed by atoms with Gasteiger partial charge in [0.2, 0.25) is 0 Å². The third-order valence-electron chi connectivity index (χ3n) is 4.47. The van der Waals surface area contributed by atoms with Gasteiger partial charge in [-0.25, -0.2) is 9.59 Å². The van der Waals surface area contributed by atoms with Crippen LogP contribution in [0, 0.1) is 12.3 Å². The fraction of sp³-hybridized carbons (Fsp3) is 0.579. The van der Waals surface area contributed by atoms with Crippen molar-refractivity contribution in [1.29, 1.82) is 0 Å². The summed E-state index contributed by atoms with van der Waals surface area (Å²) in [5.74, 6) is -0.0957. The molecule has 0 amide bonds. The smallest absolute Gasteiger partial charge is 0.350 e. The van der Waals surface area contributed by atoms with Crippen LogP contribution in [0.25, 0.3) is 0 Å². The molecule has 0 spiro atoms. The van der Waals surface area contributed by atoms with Crippen LogP contribution in [0.2, 0.25) is 0 Å². The van der Waals surface area contributed by atoms with Gasteiger partial charge in [0.05, 0.1) is 32.3 Å². The molecular formula is C19H24O10. The van der Waals surface area contributed by atoms with E-state index in [1.165, 1.54) is 18.6 Å². The second kappa shape index (κ2) is 9.39. The van der Waals surface area contributed by atoms with Crippen LogP contribution in [-0.2, 0) is 35.0 Å². The topological polar surface area (TPSA) is 145 Å². The quantitative estimate of drug-likeness (QED) is 0.266. The summed E-state index contributed by atoms with van der Waals surface area (Å²) in [5.41, 5.74) is -4.12. The Hall–Kier alpha value is -2.42. The molecule has 29 heavy (non-hydrogen) atoms. The number of hydrogen-bond donors (Lipinski definition) is 3. The van der Waals surface area contributed by atoms with E-state index in [0.717, 1.165) is 0 Å². The number of aliphatic hydroxyl groups excluding tert-OH is 2. The van der Waals surface area contributed by atoms with Gasteiger partial charge in [-0.05, 0) is 25.5 Å². The van der Waals surface area contributed by atoms with E-state index in [4.69, 9.17) is 29.8 Å². The Bertz CT molecular complexity index is 719. The van der Waals surface area contributed by atoms with Gasteiger partial charge in [0.1, 0.15) is 12.2 Å². The minimum absolute atomic E-state index is 0.0413. The summed E-state index contributed by atoms with van der Waals surface area (Å²) < 4.78 is 25.7. The molecule has 0 aliphatic carbocycles. The number of terminal acetylenes is 1. The van der Waals surface area contributed by atoms with E-state index in [-0.39, 0.29) is 19.6 Å². The zero-order valence-electron chi connectivity index (χ0n) is 16.1. The maximum atomic E-state index is 12.8. The summed E-state index contributed by atoms with van der Waals surface area (Å²) in [7, 11) is 0. The number of furan rings is 1. The average molecular weight is 412 g/mol. The van der Waals surface area contributed by atoms with Crippen LogP contribution in [-0.4, -0.2) is 76.8 Å². The van der Waals surface area contributed by atoms with Crippen LogP contribution >= 0.6 is 0 Å². The average Bonchev–Trinajstić information content (AvgIpc) is 3.28. The maximum Gasteiger partial charge on any atom is 0.350 e. The lowest BCUT2D eigenvalue weighted by molar-refractivity contribution is -0.200. The molecule has 10 heteroatoms. The number of rotatable bonds is 9. The molecule has 0 bridgehead atoms. The van der Waals surface area contributed by atoms with Crippen molar-refractivity contribution in [3.8, 4) is 12.3 Å². The summed E-state index contributed by atoms with van der Waals surface area (Å²) in [6, 6.07) is 1.52. The van der Waals surface area contributed by atoms with Crippen LogP contribution < -0.4 is 0 Å². The van der Waals surface area contributed by atoms with E-state index in [1.54, 1.807) is 13.8 Å². The van der Waals surface area contributed by atoms with Crippen molar-refractivity contribution in [2.75, 3.05) is 19.8 Å². The minimum Gasteiger partial charge on any atom is -0.472 e. The molecule has 2 rings (SSSR count). The summed E-state index contributed by atoms with van der Waals surface area (Å²) in [6.45, 7) is 2.39. The number of ether oxygens (including phenoxy) is 4. The molecule has 1 aliphatic rings. The summed E-state index contributed by atoms with van der Waals surface area (Å²) >= 11 is 0. The maximum absolute atomic E-state index is 12.8. The monoisotopic (exact) mass is 412 g/mol. The first-order valence-electron chi connectivity index (χ1n) is 8.96. The van der Waals surface area contributed by atoms with Crippen molar-refractivity contribution in [3.05, 3.63) is 24.2 Å². The highest BCUT2D eigenvalue weighted by molar-refractivity contribution is 6.04. The third kappa shape index (κ3) is 4.44. The normalized spacial score (nSPS) is 26.7. The van der Waals surface area contributed by atoms with Gasteiger partial charge in [-0.2, -0.15) is 0 Å². The van der Waals surface area contributed by atoms with Gasteiger partial charge < -0.3 is 38.7 Å². The first-order valence-corrected chi connectivity index (χ1v) is 8.96. The van der Waals surface area contributed by atoms with Crippen molar-refractivity contribution < 1.29 is 48.3 Å². The van der Waals surface area contributed by atoms with E-state index >= 15 is 0 Å². The van der Waals surface area contributed by atoms with Crippen molar-refractivity contribution in [2.24, 2.45) is 0 Å². The molecule has 1 aliphatic heterocycles. The van der Waals surface area contributed by atoms with Crippen molar-refractivity contribution >= 4 is 11.9 Å². The highest BCUT2D eigenvalue weighted by Gasteiger charge is 2.57. The van der Waals surface area contributed by atoms with Crippen LogP contribution in [0.4, 0.5) is 0 Å². The summed E-state index contributed by atoms with van der Waals surface area (Å²) in [6.07, 6.45) is 2.61. The Morgan fingerprint density at radius 1 is 1.28 bits per heavy atom. The van der Waals surface area contributed by atoms with Gasteiger partial charge >= 0.3 is 11.9 Å². The Kier molecular flexibility index (Phi) is 7.40. The number of aliphatic hydroxyl groups is 3. The lowest BCUT2D eigenvalue weighted by Crippen LogP contribution is -2.56. The molecule has 2 heterocycles. The molecule has 1 fully saturated rings. The van der Waals surface area contributed by atoms with Crippen LogP contribution in [0.3, 0.4) is 0 Å². The highest BCUT2D eigenvalue weighted by Crippen LogP contribution is 2.32. The van der Waals surface area contributed by atoms with E-state index in [2.05, 4.69) is 0 Å². The third-order valence-corrected chi connectivity index (χ3v) is 4.47. The first-order chi connectivity index (χ1) is 13.7. The second-order valence-electron chi connectivity index (χ2n) is 6.32. The molecule has 1 saturated heterocycles. The lowest BCUT2D eigenvalue weighted by Gasteiger charge is -2.32. The largest absolute Gasteiger partial charge is 0.472 e. The molecule has 1 unspecified atom stereocenters. The van der Waals surface area contributed by atoms with Gasteiger partial charge in [0.25, 0.3) is 5.60 Å². The molecule has 10 nitrogen and oxygen atoms in total. The lowest BCUT2D eigenvalue weighted by atomic mass is 9.92. The fourth-order valence-electron chi connectivity index (χ4n) is 2.89. The molecule has 0 radical (unpaired) electrons. The predicted octanol–water partition coefficient (Wildman–Crippen LogP) is -0.854. The van der Waals surface area contributed by atoms with Crippen LogP contribution in [0.15, 0.2) is 23.0 Å². The van der Waals surface area contributed by atoms with Crippen molar-refractivity contribution in [2.45, 2.75) is 50.0 Å². The summed E-state index contributed by atoms with van der Waals surface area (Å²) in [4.78, 5) is 25.5. The van der Waals surface area contributed by atoms with Crippen LogP contribution in [0.5, 0.6) is 0 Å². The van der Waals surface area contributed by atoms with Gasteiger partial charge in [0, 0.05) is 6.42 Å². The van der Waals surface area contributed by atoms with Gasteiger partial charge in [-0.1, -0.05) is 5.92 Å². The molecular weight excluding hydrogens is 388 g/mol. The van der Waals surface area contributed by atoms with E-state index in [0.29, 0.717) is 5.56 Å². The van der Waals surface area contributed by atoms with Crippen molar-refractivity contribution in [1.82, 2.24) is 0 Å². The van der Waals surface area contributed by atoms with E-state index in [9.17, 15) is 24.9 Å². The second-order valence-corrected chi connectivity index (χ2v) is 6.32. The Labute approximate surface area is 167 Å². The zero-order chi connectivity index (χ0) is 21.7. The zero-order valence-corrected chi connectivity index (χ0v) is 16.1. The Balaban J connectivity index is 2.36. The molecule has 1 aromatic rings. The number of esters is 2. The molecule has 0 aromatic carbocycles. The Morgan fingerprint density at radius 3 is 2.38 bits per heavy atom. The molecule has 160 valence electrons. The first kappa shape index (κ1) is 22.9. The number of carbonyl (C=O) groups excluding carboxylic acids is 2. The predicted molar refractivity (Wildman–Crippen MR) is 95.0 cm³/mol. The molecule has 1 aromatic heterocycles. The highest BCUT2D eigenvalue weighted by atomic mass is 16.7. The van der Waals surface area contributed by atoms with E-state index < -0.39 is 48.2 Å². The van der Waals surface area contributed by atoms with Gasteiger partial charge in [-0.3, -0.25) is 0 Å². The van der Waals surface area contributed by atoms with Gasteiger partial charge in [-0.15, -0.1) is 6.42 Å². The standard InChI is InChI=1S/C19H24O10/c1-4-18(24)13(29-15(21)14(18)20)11-28-19(16(22)26-5-2,17(23)27-6-3)9-12-7-8-25-10-12/h1,7-8,10,13-15,20-21,24H,5-6,9,11H2,2-3H3/t13-,14+,15?,18-/m1/s1. The van der Waals surface area contributed by atoms with E-state index in [1.807, 2.05) is 5.92 Å². The van der Waals surface area contributed by atoms with Crippen molar-refractivity contribution in [3.63, 3.8) is 0 Å². The molecule has 4 atom stereocenters. The Morgan fingerprint density at radius 2 is 1.90 bits per heavy atom. The minimum atomic E-state index is -2.30. The fourth-order valence-corrected chi connectivity index (χ4v) is 2.89. The molecule has 0 saturated carbocycles. The number of carbonyl (C=O) groups is 2. The SMILES string of the molecule is C#C[C@@]1(O)[C@@H](COC(Cc2ccoc2)(C(=O)OCC)C(=O)OCC)OC(O)[C@@H]1O. The molecule has 3 N–H and O–H groups in total. The van der Waals surface area contributed by atoms with Crippen LogP contribution in [0.1, 0.15) is 19.4 Å².